The minimum atomic E-state index is 0.650. The van der Waals surface area contributed by atoms with Gasteiger partial charge in [-0.15, -0.1) is 5.10 Å². The topological polar surface area (TPSA) is 56.2 Å². The monoisotopic (exact) mass is 256 g/mol. The van der Waals surface area contributed by atoms with Gasteiger partial charge in [0, 0.05) is 11.9 Å². The summed E-state index contributed by atoms with van der Waals surface area (Å²) in [5, 5.41) is 5.12. The molecule has 0 spiro atoms. The van der Waals surface area contributed by atoms with Crippen molar-refractivity contribution in [1.29, 1.82) is 0 Å². The highest BCUT2D eigenvalue weighted by atomic mass is 32.2. The second kappa shape index (κ2) is 4.70. The highest BCUT2D eigenvalue weighted by molar-refractivity contribution is 7.98. The number of aromatic nitrogens is 3. The number of rotatable bonds is 3. The summed E-state index contributed by atoms with van der Waals surface area (Å²) in [6, 6.07) is 14.0. The lowest BCUT2D eigenvalue weighted by molar-refractivity contribution is 0.887. The predicted molar refractivity (Wildman–Crippen MR) is 73.4 cm³/mol. The van der Waals surface area contributed by atoms with Crippen LogP contribution in [0.1, 0.15) is 5.56 Å². The predicted octanol–water partition coefficient (Wildman–Crippen LogP) is 2.60. The molecule has 2 heterocycles. The van der Waals surface area contributed by atoms with E-state index in [1.54, 1.807) is 16.3 Å². The molecule has 0 unspecified atom stereocenters. The Bertz CT molecular complexity index is 663. The van der Waals surface area contributed by atoms with E-state index in [2.05, 4.69) is 22.2 Å². The molecule has 3 rings (SSSR count). The van der Waals surface area contributed by atoms with Gasteiger partial charge >= 0.3 is 0 Å². The van der Waals surface area contributed by atoms with Crippen molar-refractivity contribution in [2.24, 2.45) is 0 Å². The normalized spacial score (nSPS) is 10.9. The average Bonchev–Trinajstić information content (AvgIpc) is 2.82. The smallest absolute Gasteiger partial charge is 0.209 e. The first kappa shape index (κ1) is 11.1. The van der Waals surface area contributed by atoms with Crippen LogP contribution in [0.15, 0.2) is 53.8 Å². The Kier molecular flexibility index (Phi) is 2.90. The Hall–Kier alpha value is -2.01. The molecule has 0 fully saturated rings. The Morgan fingerprint density at radius 3 is 2.72 bits per heavy atom. The fraction of sp³-hybridized carbons (Fsp3) is 0.0769. The highest BCUT2D eigenvalue weighted by Gasteiger charge is 2.06. The molecule has 0 amide bonds. The van der Waals surface area contributed by atoms with E-state index in [0.29, 0.717) is 11.3 Å². The van der Waals surface area contributed by atoms with E-state index in [9.17, 15) is 0 Å². The molecule has 18 heavy (non-hydrogen) atoms. The van der Waals surface area contributed by atoms with Crippen LogP contribution < -0.4 is 5.73 Å². The van der Waals surface area contributed by atoms with E-state index in [0.717, 1.165) is 10.9 Å². The van der Waals surface area contributed by atoms with Gasteiger partial charge in [-0.05, 0) is 17.7 Å². The van der Waals surface area contributed by atoms with Crippen LogP contribution in [0, 0.1) is 0 Å². The van der Waals surface area contributed by atoms with Gasteiger partial charge in [-0.25, -0.2) is 4.52 Å². The zero-order chi connectivity index (χ0) is 12.4. The maximum Gasteiger partial charge on any atom is 0.209 e. The van der Waals surface area contributed by atoms with Crippen molar-refractivity contribution in [3.63, 3.8) is 0 Å². The highest BCUT2D eigenvalue weighted by Crippen LogP contribution is 2.21. The Morgan fingerprint density at radius 2 is 1.94 bits per heavy atom. The molecule has 90 valence electrons. The SMILES string of the molecule is Nc1cccn2nc(SCc3ccccc3)nc12. The molecule has 0 saturated carbocycles. The summed E-state index contributed by atoms with van der Waals surface area (Å²) in [5.41, 5.74) is 8.47. The van der Waals surface area contributed by atoms with E-state index in [1.165, 1.54) is 5.56 Å². The third-order valence-electron chi connectivity index (χ3n) is 2.58. The molecule has 1 aromatic carbocycles. The Labute approximate surface area is 109 Å². The summed E-state index contributed by atoms with van der Waals surface area (Å²) in [4.78, 5) is 4.42. The van der Waals surface area contributed by atoms with Gasteiger partial charge in [-0.3, -0.25) is 0 Å². The van der Waals surface area contributed by atoms with Gasteiger partial charge in [0.15, 0.2) is 5.65 Å². The lowest BCUT2D eigenvalue weighted by atomic mass is 10.2. The molecule has 2 N–H and O–H groups in total. The number of anilines is 1. The summed E-state index contributed by atoms with van der Waals surface area (Å²) in [6.07, 6.45) is 1.85. The van der Waals surface area contributed by atoms with Crippen molar-refractivity contribution in [3.8, 4) is 0 Å². The van der Waals surface area contributed by atoms with E-state index >= 15 is 0 Å². The van der Waals surface area contributed by atoms with Gasteiger partial charge < -0.3 is 5.73 Å². The van der Waals surface area contributed by atoms with Crippen LogP contribution in [0.5, 0.6) is 0 Å². The summed E-state index contributed by atoms with van der Waals surface area (Å²) >= 11 is 1.61. The third-order valence-corrected chi connectivity index (χ3v) is 3.49. The van der Waals surface area contributed by atoms with Crippen molar-refractivity contribution >= 4 is 23.1 Å². The standard InChI is InChI=1S/C13H12N4S/c14-11-7-4-8-17-12(11)15-13(16-17)18-9-10-5-2-1-3-6-10/h1-8H,9,14H2. The quantitative estimate of drug-likeness (QED) is 0.732. The lowest BCUT2D eigenvalue weighted by Crippen LogP contribution is -1.92. The molecule has 0 radical (unpaired) electrons. The zero-order valence-electron chi connectivity index (χ0n) is 9.65. The van der Waals surface area contributed by atoms with Crippen LogP contribution in [0.25, 0.3) is 5.65 Å². The van der Waals surface area contributed by atoms with Crippen LogP contribution in [-0.2, 0) is 5.75 Å². The molecular formula is C13H12N4S. The molecule has 5 heteroatoms. The van der Waals surface area contributed by atoms with E-state index in [-0.39, 0.29) is 0 Å². The van der Waals surface area contributed by atoms with Crippen LogP contribution in [0.4, 0.5) is 5.69 Å². The molecule has 0 aliphatic carbocycles. The van der Waals surface area contributed by atoms with Crippen LogP contribution in [0.2, 0.25) is 0 Å². The van der Waals surface area contributed by atoms with E-state index in [1.807, 2.05) is 36.5 Å². The van der Waals surface area contributed by atoms with Gasteiger partial charge in [-0.2, -0.15) is 4.98 Å². The number of fused-ring (bicyclic) bond motifs is 1. The van der Waals surface area contributed by atoms with E-state index in [4.69, 9.17) is 5.73 Å². The molecular weight excluding hydrogens is 244 g/mol. The first-order valence-corrected chi connectivity index (χ1v) is 6.59. The maximum absolute atomic E-state index is 5.84. The zero-order valence-corrected chi connectivity index (χ0v) is 10.5. The fourth-order valence-electron chi connectivity index (χ4n) is 1.69. The van der Waals surface area contributed by atoms with Crippen molar-refractivity contribution < 1.29 is 0 Å². The van der Waals surface area contributed by atoms with Gasteiger partial charge in [0.25, 0.3) is 0 Å². The summed E-state index contributed by atoms with van der Waals surface area (Å²) in [6.45, 7) is 0. The molecule has 0 atom stereocenters. The van der Waals surface area contributed by atoms with Crippen molar-refractivity contribution in [2.45, 2.75) is 10.9 Å². The lowest BCUT2D eigenvalue weighted by Gasteiger charge is -1.96. The molecule has 3 aromatic rings. The summed E-state index contributed by atoms with van der Waals surface area (Å²) in [7, 11) is 0. The van der Waals surface area contributed by atoms with Gasteiger partial charge in [-0.1, -0.05) is 42.1 Å². The number of nitrogens with two attached hydrogens (primary N) is 1. The largest absolute Gasteiger partial charge is 0.396 e. The number of hydrogen-bond acceptors (Lipinski definition) is 4. The molecule has 0 saturated heterocycles. The minimum absolute atomic E-state index is 0.650. The maximum atomic E-state index is 5.84. The Balaban J connectivity index is 1.81. The van der Waals surface area contributed by atoms with Crippen molar-refractivity contribution in [3.05, 3.63) is 54.2 Å². The second-order valence-corrected chi connectivity index (χ2v) is 4.84. The third kappa shape index (κ3) is 2.17. The second-order valence-electron chi connectivity index (χ2n) is 3.90. The number of nitrogens with zero attached hydrogens (tertiary/aromatic N) is 3. The number of thioether (sulfide) groups is 1. The minimum Gasteiger partial charge on any atom is -0.396 e. The van der Waals surface area contributed by atoms with Crippen LogP contribution in [-0.4, -0.2) is 14.6 Å². The molecule has 0 bridgehead atoms. The average molecular weight is 256 g/mol. The molecule has 0 aliphatic rings. The summed E-state index contributed by atoms with van der Waals surface area (Å²) < 4.78 is 1.71. The molecule has 4 nitrogen and oxygen atoms in total. The van der Waals surface area contributed by atoms with Gasteiger partial charge in [0.2, 0.25) is 5.16 Å². The number of pyridine rings is 1. The Morgan fingerprint density at radius 1 is 1.11 bits per heavy atom. The van der Waals surface area contributed by atoms with Gasteiger partial charge in [0.05, 0.1) is 5.69 Å². The summed E-state index contributed by atoms with van der Waals surface area (Å²) in [5.74, 6) is 0.859. The molecule has 0 aliphatic heterocycles. The van der Waals surface area contributed by atoms with Crippen LogP contribution >= 0.6 is 11.8 Å². The van der Waals surface area contributed by atoms with Crippen molar-refractivity contribution in [1.82, 2.24) is 14.6 Å². The number of hydrogen-bond donors (Lipinski definition) is 1. The first-order chi connectivity index (χ1) is 8.83. The van der Waals surface area contributed by atoms with Crippen LogP contribution in [0.3, 0.4) is 0 Å². The van der Waals surface area contributed by atoms with Crippen molar-refractivity contribution in [2.75, 3.05) is 5.73 Å². The fourth-order valence-corrected chi connectivity index (χ4v) is 2.48. The number of benzene rings is 1. The molecule has 2 aromatic heterocycles. The van der Waals surface area contributed by atoms with Gasteiger partial charge in [0.1, 0.15) is 0 Å². The first-order valence-electron chi connectivity index (χ1n) is 5.60. The number of nitrogen functional groups attached to an aromatic ring is 1. The van der Waals surface area contributed by atoms with E-state index < -0.39 is 0 Å².